The van der Waals surface area contributed by atoms with Crippen LogP contribution in [-0.2, 0) is 11.2 Å². The van der Waals surface area contributed by atoms with Crippen LogP contribution in [0.1, 0.15) is 16.1 Å². The third-order valence-electron chi connectivity index (χ3n) is 3.36. The molecule has 0 fully saturated rings. The second-order valence-corrected chi connectivity index (χ2v) is 6.87. The molecule has 3 aromatic rings. The van der Waals surface area contributed by atoms with Gasteiger partial charge in [-0.1, -0.05) is 29.3 Å². The minimum Gasteiger partial charge on any atom is -0.364 e. The number of nitrogens with zero attached hydrogens (tertiary/aromatic N) is 1. The number of aromatic nitrogens is 2. The number of carbonyl (C=O) groups excluding carboxylic acids is 2. The number of nitrogens with one attached hydrogen (secondary N) is 2. The maximum atomic E-state index is 12.2. The van der Waals surface area contributed by atoms with Crippen molar-refractivity contribution in [3.63, 3.8) is 0 Å². The van der Waals surface area contributed by atoms with Crippen molar-refractivity contribution in [3.05, 3.63) is 57.1 Å². The molecule has 0 aliphatic heterocycles. The summed E-state index contributed by atoms with van der Waals surface area (Å²) in [4.78, 5) is 30.4. The largest absolute Gasteiger partial charge is 0.364 e. The fraction of sp³-hybridized carbons (Fsp3) is 0.0625. The highest BCUT2D eigenvalue weighted by Crippen LogP contribution is 2.26. The van der Waals surface area contributed by atoms with Crippen LogP contribution in [0.4, 0.5) is 5.13 Å². The molecule has 0 bridgehead atoms. The Labute approximate surface area is 157 Å². The molecule has 0 aliphatic carbocycles. The maximum Gasteiger partial charge on any atom is 0.265 e. The predicted molar refractivity (Wildman–Crippen MR) is 99.2 cm³/mol. The van der Waals surface area contributed by atoms with E-state index in [-0.39, 0.29) is 12.3 Å². The Morgan fingerprint density at radius 2 is 2.08 bits per heavy atom. The molecule has 25 heavy (non-hydrogen) atoms. The summed E-state index contributed by atoms with van der Waals surface area (Å²) in [6.07, 6.45) is 1.75. The van der Waals surface area contributed by atoms with Gasteiger partial charge in [-0.25, -0.2) is 4.98 Å². The molecule has 4 N–H and O–H groups in total. The van der Waals surface area contributed by atoms with Gasteiger partial charge in [0.25, 0.3) is 5.91 Å². The first-order valence-corrected chi connectivity index (χ1v) is 8.74. The number of carbonyl (C=O) groups is 2. The SMILES string of the molecule is NC(=O)c1cc(-c2csc(NC(=O)Cc3ccc(Cl)cc3Cl)n2)c[nH]1. The van der Waals surface area contributed by atoms with Crippen LogP contribution in [0.25, 0.3) is 11.3 Å². The summed E-state index contributed by atoms with van der Waals surface area (Å²) in [6.45, 7) is 0. The smallest absolute Gasteiger partial charge is 0.265 e. The average molecular weight is 395 g/mol. The lowest BCUT2D eigenvalue weighted by atomic mass is 10.1. The topological polar surface area (TPSA) is 101 Å². The summed E-state index contributed by atoms with van der Waals surface area (Å²) in [7, 11) is 0. The summed E-state index contributed by atoms with van der Waals surface area (Å²) >= 11 is 13.2. The molecule has 2 heterocycles. The zero-order chi connectivity index (χ0) is 18.0. The molecule has 0 aliphatic rings. The summed E-state index contributed by atoms with van der Waals surface area (Å²) in [5, 5.41) is 5.91. The average Bonchev–Trinajstić information content (AvgIpc) is 3.19. The van der Waals surface area contributed by atoms with Crippen molar-refractivity contribution in [1.82, 2.24) is 9.97 Å². The van der Waals surface area contributed by atoms with Gasteiger partial charge in [-0.15, -0.1) is 11.3 Å². The number of benzene rings is 1. The highest BCUT2D eigenvalue weighted by Gasteiger charge is 2.12. The van der Waals surface area contributed by atoms with E-state index >= 15 is 0 Å². The lowest BCUT2D eigenvalue weighted by molar-refractivity contribution is -0.115. The predicted octanol–water partition coefficient (Wildman–Crippen LogP) is 3.73. The molecule has 0 atom stereocenters. The zero-order valence-corrected chi connectivity index (χ0v) is 15.0. The molecule has 1 aromatic carbocycles. The van der Waals surface area contributed by atoms with Gasteiger partial charge in [0.2, 0.25) is 5.91 Å². The first-order chi connectivity index (χ1) is 11.9. The lowest BCUT2D eigenvalue weighted by Gasteiger charge is -2.04. The van der Waals surface area contributed by atoms with E-state index in [1.54, 1.807) is 35.8 Å². The molecule has 0 spiro atoms. The Kier molecular flexibility index (Phi) is 5.08. The van der Waals surface area contributed by atoms with Crippen molar-refractivity contribution in [2.75, 3.05) is 5.32 Å². The van der Waals surface area contributed by atoms with Gasteiger partial charge in [-0.05, 0) is 23.8 Å². The van der Waals surface area contributed by atoms with Crippen molar-refractivity contribution in [2.24, 2.45) is 5.73 Å². The molecule has 3 rings (SSSR count). The van der Waals surface area contributed by atoms with E-state index in [0.717, 1.165) is 0 Å². The molecule has 2 aromatic heterocycles. The summed E-state index contributed by atoms with van der Waals surface area (Å²) in [5.41, 5.74) is 7.53. The molecule has 6 nitrogen and oxygen atoms in total. The molecular formula is C16H12Cl2N4O2S. The van der Waals surface area contributed by atoms with Crippen molar-refractivity contribution in [2.45, 2.75) is 6.42 Å². The number of halogens is 2. The summed E-state index contributed by atoms with van der Waals surface area (Å²) < 4.78 is 0. The fourth-order valence-corrected chi connectivity index (χ4v) is 3.36. The molecule has 0 unspecified atom stereocenters. The monoisotopic (exact) mass is 394 g/mol. The van der Waals surface area contributed by atoms with Crippen LogP contribution in [-0.4, -0.2) is 21.8 Å². The fourth-order valence-electron chi connectivity index (χ4n) is 2.15. The van der Waals surface area contributed by atoms with Crippen LogP contribution in [0.2, 0.25) is 10.0 Å². The second-order valence-electron chi connectivity index (χ2n) is 5.16. The number of aromatic amines is 1. The van der Waals surface area contributed by atoms with E-state index in [2.05, 4.69) is 15.3 Å². The first-order valence-electron chi connectivity index (χ1n) is 7.10. The Morgan fingerprint density at radius 3 is 2.76 bits per heavy atom. The van der Waals surface area contributed by atoms with Crippen LogP contribution in [0, 0.1) is 0 Å². The third-order valence-corrected chi connectivity index (χ3v) is 4.71. The number of amides is 2. The van der Waals surface area contributed by atoms with Gasteiger partial charge in [0.05, 0.1) is 12.1 Å². The van der Waals surface area contributed by atoms with Gasteiger partial charge in [0.1, 0.15) is 5.69 Å². The summed E-state index contributed by atoms with van der Waals surface area (Å²) in [6, 6.07) is 6.59. The van der Waals surface area contributed by atoms with Crippen molar-refractivity contribution < 1.29 is 9.59 Å². The van der Waals surface area contributed by atoms with E-state index < -0.39 is 5.91 Å². The first kappa shape index (κ1) is 17.5. The number of nitrogens with two attached hydrogens (primary N) is 1. The number of hydrogen-bond donors (Lipinski definition) is 3. The van der Waals surface area contributed by atoms with Crippen LogP contribution >= 0.6 is 34.5 Å². The zero-order valence-electron chi connectivity index (χ0n) is 12.7. The number of rotatable bonds is 5. The van der Waals surface area contributed by atoms with Gasteiger partial charge < -0.3 is 16.0 Å². The lowest BCUT2D eigenvalue weighted by Crippen LogP contribution is -2.14. The van der Waals surface area contributed by atoms with Crippen LogP contribution in [0.3, 0.4) is 0 Å². The Balaban J connectivity index is 1.68. The number of anilines is 1. The van der Waals surface area contributed by atoms with E-state index in [4.69, 9.17) is 28.9 Å². The minimum atomic E-state index is -0.546. The van der Waals surface area contributed by atoms with Crippen molar-refractivity contribution in [3.8, 4) is 11.3 Å². The molecule has 0 radical (unpaired) electrons. The normalized spacial score (nSPS) is 10.6. The Hall–Kier alpha value is -2.35. The molecule has 9 heteroatoms. The summed E-state index contributed by atoms with van der Waals surface area (Å²) in [5.74, 6) is -0.785. The van der Waals surface area contributed by atoms with Gasteiger partial charge >= 0.3 is 0 Å². The quantitative estimate of drug-likeness (QED) is 0.614. The number of H-pyrrole nitrogens is 1. The highest BCUT2D eigenvalue weighted by atomic mass is 35.5. The van der Waals surface area contributed by atoms with E-state index in [0.29, 0.717) is 37.7 Å². The number of thiazole rings is 1. The Morgan fingerprint density at radius 1 is 1.28 bits per heavy atom. The van der Waals surface area contributed by atoms with Crippen LogP contribution in [0.5, 0.6) is 0 Å². The van der Waals surface area contributed by atoms with E-state index in [1.807, 2.05) is 0 Å². The molecular weight excluding hydrogens is 383 g/mol. The van der Waals surface area contributed by atoms with Gasteiger partial charge in [0.15, 0.2) is 5.13 Å². The number of hydrogen-bond acceptors (Lipinski definition) is 4. The van der Waals surface area contributed by atoms with Gasteiger partial charge in [-0.2, -0.15) is 0 Å². The maximum absolute atomic E-state index is 12.2. The molecule has 0 saturated heterocycles. The van der Waals surface area contributed by atoms with Gasteiger partial charge in [0, 0.05) is 27.2 Å². The van der Waals surface area contributed by atoms with Gasteiger partial charge in [-0.3, -0.25) is 9.59 Å². The Bertz CT molecular complexity index is 951. The van der Waals surface area contributed by atoms with E-state index in [9.17, 15) is 9.59 Å². The van der Waals surface area contributed by atoms with E-state index in [1.165, 1.54) is 11.3 Å². The van der Waals surface area contributed by atoms with Crippen LogP contribution in [0.15, 0.2) is 35.8 Å². The van der Waals surface area contributed by atoms with Crippen molar-refractivity contribution >= 4 is 51.5 Å². The third kappa shape index (κ3) is 4.19. The highest BCUT2D eigenvalue weighted by molar-refractivity contribution is 7.14. The van der Waals surface area contributed by atoms with Crippen LogP contribution < -0.4 is 11.1 Å². The molecule has 128 valence electrons. The minimum absolute atomic E-state index is 0.112. The second kappa shape index (κ2) is 7.26. The van der Waals surface area contributed by atoms with Crippen molar-refractivity contribution in [1.29, 1.82) is 0 Å². The number of primary amides is 1. The standard InChI is InChI=1S/C16H12Cl2N4O2S/c17-10-2-1-8(11(18)5-10)4-14(23)22-16-21-13(7-25-16)9-3-12(15(19)24)20-6-9/h1-3,5-7,20H,4H2,(H2,19,24)(H,21,22,23). The molecule has 0 saturated carbocycles. The molecule has 2 amide bonds.